The number of carbonyl (C=O) groups excluding carboxylic acids is 3. The van der Waals surface area contributed by atoms with Gasteiger partial charge in [-0.25, -0.2) is 19.4 Å². The van der Waals surface area contributed by atoms with E-state index in [1.54, 1.807) is 60.7 Å². The normalized spacial score (nSPS) is 10.6. The number of nitrogens with zero attached hydrogens (tertiary/aromatic N) is 1. The van der Waals surface area contributed by atoms with Crippen LogP contribution in [0.15, 0.2) is 108 Å². The molecule has 4 rings (SSSR count). The van der Waals surface area contributed by atoms with Crippen molar-refractivity contribution < 1.29 is 28.2 Å². The van der Waals surface area contributed by atoms with Crippen molar-refractivity contribution in [3.05, 3.63) is 131 Å². The molecular weight excluding hydrogens is 463 g/mol. The second kappa shape index (κ2) is 11.3. The Hall–Kier alpha value is -5.11. The van der Waals surface area contributed by atoms with Crippen LogP contribution in [0.4, 0.5) is 4.39 Å². The van der Waals surface area contributed by atoms with Crippen LogP contribution in [0, 0.1) is 5.82 Å². The first-order valence-electron chi connectivity index (χ1n) is 10.8. The number of esters is 2. The lowest BCUT2D eigenvalue weighted by atomic mass is 10.2. The topological polar surface area (TPSA) is 94.1 Å². The van der Waals surface area contributed by atoms with E-state index in [1.165, 1.54) is 36.5 Å². The van der Waals surface area contributed by atoms with Crippen molar-refractivity contribution in [2.45, 2.75) is 0 Å². The fourth-order valence-electron chi connectivity index (χ4n) is 3.07. The second-order valence-corrected chi connectivity index (χ2v) is 7.42. The van der Waals surface area contributed by atoms with E-state index in [-0.39, 0.29) is 17.1 Å². The van der Waals surface area contributed by atoms with Crippen molar-refractivity contribution in [3.63, 3.8) is 0 Å². The van der Waals surface area contributed by atoms with Gasteiger partial charge in [0, 0.05) is 17.2 Å². The number of halogens is 1. The van der Waals surface area contributed by atoms with Crippen LogP contribution in [-0.2, 0) is 0 Å². The maximum atomic E-state index is 13.1. The van der Waals surface area contributed by atoms with Crippen LogP contribution >= 0.6 is 0 Å². The number of nitrogens with one attached hydrogen (secondary N) is 1. The van der Waals surface area contributed by atoms with Crippen molar-refractivity contribution >= 4 is 24.1 Å². The van der Waals surface area contributed by atoms with Crippen molar-refractivity contribution in [3.8, 4) is 11.5 Å². The number of amides is 1. The largest absolute Gasteiger partial charge is 0.423 e. The van der Waals surface area contributed by atoms with Crippen LogP contribution in [0.2, 0.25) is 0 Å². The van der Waals surface area contributed by atoms with Crippen molar-refractivity contribution in [1.82, 2.24) is 5.43 Å². The molecule has 0 radical (unpaired) electrons. The first-order valence-corrected chi connectivity index (χ1v) is 10.8. The third kappa shape index (κ3) is 6.27. The Morgan fingerprint density at radius 2 is 1.28 bits per heavy atom. The highest BCUT2D eigenvalue weighted by molar-refractivity contribution is 5.96. The molecular formula is C28H19FN2O5. The van der Waals surface area contributed by atoms with E-state index < -0.39 is 23.7 Å². The third-order valence-electron chi connectivity index (χ3n) is 4.89. The van der Waals surface area contributed by atoms with Crippen LogP contribution in [0.5, 0.6) is 11.5 Å². The lowest BCUT2D eigenvalue weighted by Crippen LogP contribution is -2.17. The van der Waals surface area contributed by atoms with E-state index in [9.17, 15) is 18.8 Å². The SMILES string of the molecule is O=C(N/N=C/c1ccc(OC(=O)c2ccccc2)cc1OC(=O)c1ccccc1)c1ccc(F)cc1. The predicted octanol–water partition coefficient (Wildman–Crippen LogP) is 5.03. The van der Waals surface area contributed by atoms with Crippen molar-refractivity contribution in [2.75, 3.05) is 0 Å². The number of benzene rings is 4. The summed E-state index contributed by atoms with van der Waals surface area (Å²) in [6.07, 6.45) is 1.28. The van der Waals surface area contributed by atoms with E-state index in [0.717, 1.165) is 12.1 Å². The molecule has 0 bridgehead atoms. The maximum Gasteiger partial charge on any atom is 0.343 e. The summed E-state index contributed by atoms with van der Waals surface area (Å²) < 4.78 is 24.0. The van der Waals surface area contributed by atoms with E-state index in [1.807, 2.05) is 0 Å². The summed E-state index contributed by atoms with van der Waals surface area (Å²) in [6, 6.07) is 26.2. The molecule has 0 spiro atoms. The van der Waals surface area contributed by atoms with E-state index in [2.05, 4.69) is 10.5 Å². The van der Waals surface area contributed by atoms with Gasteiger partial charge < -0.3 is 9.47 Å². The van der Waals surface area contributed by atoms with Gasteiger partial charge in [-0.1, -0.05) is 36.4 Å². The lowest BCUT2D eigenvalue weighted by Gasteiger charge is -2.10. The van der Waals surface area contributed by atoms with Crippen molar-refractivity contribution in [1.29, 1.82) is 0 Å². The van der Waals surface area contributed by atoms with Gasteiger partial charge in [0.2, 0.25) is 0 Å². The molecule has 7 nitrogen and oxygen atoms in total. The van der Waals surface area contributed by atoms with Gasteiger partial charge in [0.05, 0.1) is 17.3 Å². The minimum atomic E-state index is -0.632. The molecule has 0 aliphatic rings. The fraction of sp³-hybridized carbons (Fsp3) is 0. The number of carbonyl (C=O) groups is 3. The standard InChI is InChI=1S/C28H19FN2O5/c29-23-14-11-19(12-15-23)26(32)31-30-18-22-13-16-24(35-27(33)20-7-3-1-4-8-20)17-25(22)36-28(34)21-9-5-2-6-10-21/h1-18H,(H,31,32)/b30-18+. The first-order chi connectivity index (χ1) is 17.5. The average Bonchev–Trinajstić information content (AvgIpc) is 2.91. The highest BCUT2D eigenvalue weighted by Crippen LogP contribution is 2.26. The Morgan fingerprint density at radius 1 is 0.694 bits per heavy atom. The minimum absolute atomic E-state index is 0.0574. The Bertz CT molecular complexity index is 1410. The molecule has 178 valence electrons. The molecule has 0 saturated carbocycles. The molecule has 0 heterocycles. The first kappa shape index (κ1) is 24.0. The maximum absolute atomic E-state index is 13.1. The molecule has 4 aromatic carbocycles. The summed E-state index contributed by atoms with van der Waals surface area (Å²) in [7, 11) is 0. The van der Waals surface area contributed by atoms with Gasteiger partial charge in [-0.3, -0.25) is 4.79 Å². The molecule has 0 unspecified atom stereocenters. The summed E-state index contributed by atoms with van der Waals surface area (Å²) in [5.74, 6) is -2.03. The van der Waals surface area contributed by atoms with E-state index in [4.69, 9.17) is 9.47 Å². The van der Waals surface area contributed by atoms with Crippen LogP contribution in [-0.4, -0.2) is 24.1 Å². The van der Waals surface area contributed by atoms with Crippen LogP contribution < -0.4 is 14.9 Å². The zero-order valence-electron chi connectivity index (χ0n) is 18.8. The molecule has 0 aromatic heterocycles. The Kier molecular flexibility index (Phi) is 7.57. The Balaban J connectivity index is 1.55. The van der Waals surface area contributed by atoms with Crippen molar-refractivity contribution in [2.24, 2.45) is 5.10 Å². The zero-order chi connectivity index (χ0) is 25.3. The Morgan fingerprint density at radius 3 is 1.89 bits per heavy atom. The highest BCUT2D eigenvalue weighted by Gasteiger charge is 2.15. The summed E-state index contributed by atoms with van der Waals surface area (Å²) >= 11 is 0. The molecule has 0 atom stereocenters. The van der Waals surface area contributed by atoms with Gasteiger partial charge in [-0.15, -0.1) is 0 Å². The number of hydrogen-bond donors (Lipinski definition) is 1. The van der Waals surface area contributed by atoms with Crippen LogP contribution in [0.25, 0.3) is 0 Å². The smallest absolute Gasteiger partial charge is 0.343 e. The summed E-state index contributed by atoms with van der Waals surface area (Å²) in [5.41, 5.74) is 3.55. The molecule has 4 aromatic rings. The molecule has 0 saturated heterocycles. The van der Waals surface area contributed by atoms with Gasteiger partial charge >= 0.3 is 11.9 Å². The number of rotatable bonds is 7. The van der Waals surface area contributed by atoms with Gasteiger partial charge in [0.15, 0.2) is 0 Å². The van der Waals surface area contributed by atoms with E-state index in [0.29, 0.717) is 16.7 Å². The Labute approximate surface area is 205 Å². The number of hydrazone groups is 1. The summed E-state index contributed by atoms with van der Waals surface area (Å²) in [6.45, 7) is 0. The van der Waals surface area contributed by atoms with E-state index >= 15 is 0 Å². The summed E-state index contributed by atoms with van der Waals surface area (Å²) in [4.78, 5) is 37.3. The summed E-state index contributed by atoms with van der Waals surface area (Å²) in [5, 5.41) is 3.90. The predicted molar refractivity (Wildman–Crippen MR) is 131 cm³/mol. The van der Waals surface area contributed by atoms with Crippen LogP contribution in [0.1, 0.15) is 36.6 Å². The average molecular weight is 482 g/mol. The lowest BCUT2D eigenvalue weighted by molar-refractivity contribution is 0.0732. The molecule has 36 heavy (non-hydrogen) atoms. The number of hydrogen-bond acceptors (Lipinski definition) is 6. The molecule has 1 amide bonds. The molecule has 8 heteroatoms. The second-order valence-electron chi connectivity index (χ2n) is 7.42. The van der Waals surface area contributed by atoms with Crippen LogP contribution in [0.3, 0.4) is 0 Å². The molecule has 1 N–H and O–H groups in total. The van der Waals surface area contributed by atoms with Gasteiger partial charge in [-0.2, -0.15) is 5.10 Å². The molecule has 0 aliphatic carbocycles. The molecule has 0 fully saturated rings. The minimum Gasteiger partial charge on any atom is -0.423 e. The van der Waals surface area contributed by atoms with Gasteiger partial charge in [0.25, 0.3) is 5.91 Å². The molecule has 0 aliphatic heterocycles. The number of ether oxygens (including phenoxy) is 2. The fourth-order valence-corrected chi connectivity index (χ4v) is 3.07. The zero-order valence-corrected chi connectivity index (χ0v) is 18.8. The highest BCUT2D eigenvalue weighted by atomic mass is 19.1. The monoisotopic (exact) mass is 482 g/mol. The third-order valence-corrected chi connectivity index (χ3v) is 4.89. The van der Waals surface area contributed by atoms with Gasteiger partial charge in [-0.05, 0) is 60.7 Å². The van der Waals surface area contributed by atoms with Gasteiger partial charge in [0.1, 0.15) is 17.3 Å². The quantitative estimate of drug-likeness (QED) is 0.173.